The lowest BCUT2D eigenvalue weighted by molar-refractivity contribution is 0.0942. The largest absolute Gasteiger partial charge is 0.349 e. The van der Waals surface area contributed by atoms with Crippen LogP contribution in [0.15, 0.2) is 48.7 Å². The molecule has 0 unspecified atom stereocenters. The zero-order valence-corrected chi connectivity index (χ0v) is 14.2. The number of fused-ring (bicyclic) bond motifs is 1. The fourth-order valence-corrected chi connectivity index (χ4v) is 2.58. The quantitative estimate of drug-likeness (QED) is 0.752. The Bertz CT molecular complexity index is 930. The molecule has 0 spiro atoms. The Morgan fingerprint density at radius 1 is 1.08 bits per heavy atom. The van der Waals surface area contributed by atoms with Crippen molar-refractivity contribution in [2.24, 2.45) is 0 Å². The van der Waals surface area contributed by atoms with Crippen molar-refractivity contribution >= 4 is 23.0 Å². The fourth-order valence-electron chi connectivity index (χ4n) is 2.58. The molecular weight excluding hydrogens is 316 g/mol. The van der Waals surface area contributed by atoms with E-state index in [0.29, 0.717) is 12.1 Å². The fraction of sp³-hybridized carbons (Fsp3) is 0.211. The van der Waals surface area contributed by atoms with Gasteiger partial charge in [0.2, 0.25) is 5.82 Å². The summed E-state index contributed by atoms with van der Waals surface area (Å²) in [7, 11) is 0. The van der Waals surface area contributed by atoms with E-state index < -0.39 is 0 Å². The van der Waals surface area contributed by atoms with Crippen LogP contribution in [-0.2, 0) is 0 Å². The van der Waals surface area contributed by atoms with E-state index in [1.807, 2.05) is 44.2 Å². The van der Waals surface area contributed by atoms with Crippen molar-refractivity contribution < 1.29 is 9.59 Å². The molecule has 2 aromatic heterocycles. The van der Waals surface area contributed by atoms with Crippen LogP contribution in [0.3, 0.4) is 0 Å². The van der Waals surface area contributed by atoms with Gasteiger partial charge in [0.15, 0.2) is 5.69 Å². The maximum absolute atomic E-state index is 12.7. The SMILES string of the molecule is CCCNC(=O)c1nc(C(=O)Nc2ccccc2C)c2ccccn12. The predicted molar refractivity (Wildman–Crippen MR) is 96.9 cm³/mol. The van der Waals surface area contributed by atoms with E-state index in [-0.39, 0.29) is 23.3 Å². The van der Waals surface area contributed by atoms with Gasteiger partial charge in [-0.1, -0.05) is 31.2 Å². The Morgan fingerprint density at radius 3 is 2.60 bits per heavy atom. The van der Waals surface area contributed by atoms with Crippen LogP contribution in [0, 0.1) is 6.92 Å². The number of aromatic nitrogens is 2. The molecule has 0 aliphatic carbocycles. The van der Waals surface area contributed by atoms with E-state index >= 15 is 0 Å². The number of pyridine rings is 1. The molecule has 128 valence electrons. The Morgan fingerprint density at radius 2 is 1.84 bits per heavy atom. The maximum Gasteiger partial charge on any atom is 0.287 e. The number of amides is 2. The predicted octanol–water partition coefficient (Wildman–Crippen LogP) is 3.03. The number of hydrogen-bond donors (Lipinski definition) is 2. The third-order valence-corrected chi connectivity index (χ3v) is 3.90. The number of carbonyl (C=O) groups excluding carboxylic acids is 2. The lowest BCUT2D eigenvalue weighted by atomic mass is 10.2. The molecule has 0 atom stereocenters. The van der Waals surface area contributed by atoms with E-state index in [1.54, 1.807) is 22.7 Å². The first-order valence-corrected chi connectivity index (χ1v) is 8.24. The van der Waals surface area contributed by atoms with Gasteiger partial charge in [-0.3, -0.25) is 14.0 Å². The molecule has 0 saturated carbocycles. The second-order valence-corrected chi connectivity index (χ2v) is 5.76. The molecule has 0 radical (unpaired) electrons. The third kappa shape index (κ3) is 3.38. The highest BCUT2D eigenvalue weighted by Crippen LogP contribution is 2.18. The van der Waals surface area contributed by atoms with E-state index in [0.717, 1.165) is 17.7 Å². The summed E-state index contributed by atoms with van der Waals surface area (Å²) in [6.45, 7) is 4.46. The molecule has 1 aromatic carbocycles. The smallest absolute Gasteiger partial charge is 0.287 e. The van der Waals surface area contributed by atoms with Gasteiger partial charge in [-0.2, -0.15) is 0 Å². The van der Waals surface area contributed by atoms with Gasteiger partial charge in [0.25, 0.3) is 11.8 Å². The zero-order valence-electron chi connectivity index (χ0n) is 14.2. The standard InChI is InChI=1S/C19H20N4O2/c1-3-11-20-19(25)17-22-16(15-10-6-7-12-23(15)17)18(24)21-14-9-5-4-8-13(14)2/h4-10,12H,3,11H2,1-2H3,(H,20,25)(H,21,24). The van der Waals surface area contributed by atoms with Crippen LogP contribution in [0.4, 0.5) is 5.69 Å². The van der Waals surface area contributed by atoms with Gasteiger partial charge in [-0.05, 0) is 37.1 Å². The highest BCUT2D eigenvalue weighted by Gasteiger charge is 2.21. The summed E-state index contributed by atoms with van der Waals surface area (Å²) < 4.78 is 1.64. The second-order valence-electron chi connectivity index (χ2n) is 5.76. The highest BCUT2D eigenvalue weighted by atomic mass is 16.2. The minimum atomic E-state index is -0.340. The number of carbonyl (C=O) groups is 2. The Kier molecular flexibility index (Phi) is 4.79. The molecule has 0 aliphatic heterocycles. The van der Waals surface area contributed by atoms with Crippen LogP contribution < -0.4 is 10.6 Å². The highest BCUT2D eigenvalue weighted by molar-refractivity contribution is 6.09. The summed E-state index contributed by atoms with van der Waals surface area (Å²) in [5, 5.41) is 5.67. The van der Waals surface area contributed by atoms with E-state index in [9.17, 15) is 9.59 Å². The average molecular weight is 336 g/mol. The first-order chi connectivity index (χ1) is 12.1. The molecule has 0 aliphatic rings. The van der Waals surface area contributed by atoms with Crippen molar-refractivity contribution in [1.29, 1.82) is 0 Å². The molecule has 0 fully saturated rings. The Labute approximate surface area is 145 Å². The molecule has 3 aromatic rings. The molecule has 0 bridgehead atoms. The van der Waals surface area contributed by atoms with Crippen molar-refractivity contribution in [3.8, 4) is 0 Å². The van der Waals surface area contributed by atoms with Crippen molar-refractivity contribution in [1.82, 2.24) is 14.7 Å². The molecule has 2 N–H and O–H groups in total. The number of para-hydroxylation sites is 1. The first-order valence-electron chi connectivity index (χ1n) is 8.24. The van der Waals surface area contributed by atoms with Crippen LogP contribution in [0.25, 0.3) is 5.52 Å². The molecular formula is C19H20N4O2. The van der Waals surface area contributed by atoms with Gasteiger partial charge >= 0.3 is 0 Å². The number of nitrogens with zero attached hydrogens (tertiary/aromatic N) is 2. The van der Waals surface area contributed by atoms with Gasteiger partial charge in [-0.15, -0.1) is 0 Å². The van der Waals surface area contributed by atoms with Crippen molar-refractivity contribution in [3.63, 3.8) is 0 Å². The molecule has 6 nitrogen and oxygen atoms in total. The van der Waals surface area contributed by atoms with E-state index in [2.05, 4.69) is 15.6 Å². The lowest BCUT2D eigenvalue weighted by Crippen LogP contribution is -2.26. The van der Waals surface area contributed by atoms with Crippen molar-refractivity contribution in [3.05, 3.63) is 65.7 Å². The minimum absolute atomic E-state index is 0.207. The molecule has 2 amide bonds. The Hall–Kier alpha value is -3.15. The van der Waals surface area contributed by atoms with Crippen molar-refractivity contribution in [2.45, 2.75) is 20.3 Å². The maximum atomic E-state index is 12.7. The van der Waals surface area contributed by atoms with Crippen LogP contribution in [0.1, 0.15) is 40.0 Å². The zero-order chi connectivity index (χ0) is 17.8. The summed E-state index contributed by atoms with van der Waals surface area (Å²) in [6, 6.07) is 12.9. The summed E-state index contributed by atoms with van der Waals surface area (Å²) in [4.78, 5) is 29.4. The van der Waals surface area contributed by atoms with Gasteiger partial charge in [0.1, 0.15) is 0 Å². The molecule has 2 heterocycles. The van der Waals surface area contributed by atoms with Crippen LogP contribution in [-0.4, -0.2) is 27.7 Å². The normalized spacial score (nSPS) is 10.6. The number of imidazole rings is 1. The van der Waals surface area contributed by atoms with Gasteiger partial charge in [-0.25, -0.2) is 4.98 Å². The van der Waals surface area contributed by atoms with Crippen LogP contribution in [0.5, 0.6) is 0 Å². The van der Waals surface area contributed by atoms with Crippen LogP contribution >= 0.6 is 0 Å². The monoisotopic (exact) mass is 336 g/mol. The number of nitrogens with one attached hydrogen (secondary N) is 2. The average Bonchev–Trinajstić information content (AvgIpc) is 3.01. The number of benzene rings is 1. The third-order valence-electron chi connectivity index (χ3n) is 3.90. The number of aryl methyl sites for hydroxylation is 1. The summed E-state index contributed by atoms with van der Waals surface area (Å²) >= 11 is 0. The summed E-state index contributed by atoms with van der Waals surface area (Å²) in [6.07, 6.45) is 2.56. The first kappa shape index (κ1) is 16.7. The summed E-state index contributed by atoms with van der Waals surface area (Å²) in [5.74, 6) is -0.426. The Balaban J connectivity index is 1.97. The van der Waals surface area contributed by atoms with Crippen molar-refractivity contribution in [2.75, 3.05) is 11.9 Å². The molecule has 25 heavy (non-hydrogen) atoms. The van der Waals surface area contributed by atoms with E-state index in [4.69, 9.17) is 0 Å². The van der Waals surface area contributed by atoms with Gasteiger partial charge < -0.3 is 10.6 Å². The van der Waals surface area contributed by atoms with Crippen LogP contribution in [0.2, 0.25) is 0 Å². The molecule has 6 heteroatoms. The lowest BCUT2D eigenvalue weighted by Gasteiger charge is -2.06. The number of anilines is 1. The minimum Gasteiger partial charge on any atom is -0.349 e. The topological polar surface area (TPSA) is 75.5 Å². The van der Waals surface area contributed by atoms with E-state index in [1.165, 1.54) is 0 Å². The molecule has 3 rings (SSSR count). The number of hydrogen-bond acceptors (Lipinski definition) is 3. The second kappa shape index (κ2) is 7.17. The van der Waals surface area contributed by atoms with Gasteiger partial charge in [0, 0.05) is 18.4 Å². The summed E-state index contributed by atoms with van der Waals surface area (Å²) in [5.41, 5.74) is 2.50. The van der Waals surface area contributed by atoms with Gasteiger partial charge in [0.05, 0.1) is 5.52 Å². The number of rotatable bonds is 5. The molecule has 0 saturated heterocycles.